The van der Waals surface area contributed by atoms with Crippen molar-refractivity contribution >= 4 is 13.3 Å². The van der Waals surface area contributed by atoms with E-state index < -0.39 is 8.03 Å². The lowest BCUT2D eigenvalue weighted by molar-refractivity contribution is 0.423. The fourth-order valence-electron chi connectivity index (χ4n) is 0.704. The monoisotopic (exact) mass is 174 g/mol. The van der Waals surface area contributed by atoms with Gasteiger partial charge < -0.3 is 4.52 Å². The zero-order valence-corrected chi connectivity index (χ0v) is 7.00. The maximum Gasteiger partial charge on any atom is 0.220 e. The first-order chi connectivity index (χ1) is 5.24. The van der Waals surface area contributed by atoms with Gasteiger partial charge in [-0.3, -0.25) is 4.57 Å². The fourth-order valence-corrected chi connectivity index (χ4v) is 1.38. The van der Waals surface area contributed by atoms with Crippen LogP contribution in [-0.2, 0) is 9.09 Å². The van der Waals surface area contributed by atoms with Crippen LogP contribution in [0.25, 0.3) is 0 Å². The number of hydrogen-bond acceptors (Lipinski definition) is 2. The summed E-state index contributed by atoms with van der Waals surface area (Å²) in [7, 11) is -0.774. The van der Waals surface area contributed by atoms with E-state index >= 15 is 0 Å². The van der Waals surface area contributed by atoms with Gasteiger partial charge in [-0.2, -0.15) is 0 Å². The van der Waals surface area contributed by atoms with Gasteiger partial charge in [0.2, 0.25) is 8.03 Å². The molecule has 11 heavy (non-hydrogen) atoms. The first-order valence-corrected chi connectivity index (χ1v) is 4.39. The van der Waals surface area contributed by atoms with Crippen LogP contribution < -0.4 is 5.30 Å². The maximum atomic E-state index is 12.3. The molecule has 0 aliphatic rings. The van der Waals surface area contributed by atoms with Gasteiger partial charge in [0.05, 0.1) is 0 Å². The predicted octanol–water partition coefficient (Wildman–Crippen LogP) is 1.57. The number of hydrogen-bond donors (Lipinski definition) is 0. The highest BCUT2D eigenvalue weighted by molar-refractivity contribution is 7.48. The molecule has 1 unspecified atom stereocenters. The summed E-state index contributed by atoms with van der Waals surface area (Å²) in [6, 6.07) is 5.44. The average Bonchev–Trinajstić information content (AvgIpc) is 2.05. The van der Waals surface area contributed by atoms with Crippen LogP contribution in [0, 0.1) is 5.82 Å². The van der Waals surface area contributed by atoms with Gasteiger partial charge in [-0.1, -0.05) is 0 Å². The summed E-state index contributed by atoms with van der Waals surface area (Å²) in [5, 5.41) is 0.541. The largest absolute Gasteiger partial charge is 0.331 e. The normalized spacial score (nSPS) is 12.9. The van der Waals surface area contributed by atoms with Crippen LogP contribution >= 0.6 is 8.03 Å². The van der Waals surface area contributed by atoms with E-state index in [2.05, 4.69) is 4.52 Å². The van der Waals surface area contributed by atoms with E-state index in [1.165, 1.54) is 31.4 Å². The third-order valence-electron chi connectivity index (χ3n) is 1.27. The van der Waals surface area contributed by atoms with Crippen LogP contribution in [0.5, 0.6) is 0 Å². The second-order valence-electron chi connectivity index (χ2n) is 2.00. The topological polar surface area (TPSA) is 26.3 Å². The Balaban J connectivity index is 2.90. The van der Waals surface area contributed by atoms with Crippen molar-refractivity contribution in [2.45, 2.75) is 0 Å². The molecule has 2 nitrogen and oxygen atoms in total. The Labute approximate surface area is 64.9 Å². The van der Waals surface area contributed by atoms with Crippen LogP contribution in [-0.4, -0.2) is 7.11 Å². The van der Waals surface area contributed by atoms with E-state index in [1.807, 2.05) is 0 Å². The van der Waals surface area contributed by atoms with Crippen molar-refractivity contribution in [3.05, 3.63) is 30.1 Å². The summed E-state index contributed by atoms with van der Waals surface area (Å²) >= 11 is 0. The van der Waals surface area contributed by atoms with Crippen molar-refractivity contribution in [1.29, 1.82) is 0 Å². The van der Waals surface area contributed by atoms with Gasteiger partial charge in [0.15, 0.2) is 0 Å². The van der Waals surface area contributed by atoms with Gasteiger partial charge in [0.25, 0.3) is 0 Å². The Morgan fingerprint density at radius 2 is 1.91 bits per heavy atom. The minimum Gasteiger partial charge on any atom is -0.331 e. The third-order valence-corrected chi connectivity index (χ3v) is 2.44. The van der Waals surface area contributed by atoms with Crippen LogP contribution in [0.15, 0.2) is 24.3 Å². The number of benzene rings is 1. The molecule has 1 aromatic carbocycles. The van der Waals surface area contributed by atoms with Gasteiger partial charge in [-0.05, 0) is 24.3 Å². The van der Waals surface area contributed by atoms with E-state index in [9.17, 15) is 8.96 Å². The Bertz CT molecular complexity index is 258. The van der Waals surface area contributed by atoms with E-state index in [0.717, 1.165) is 0 Å². The van der Waals surface area contributed by atoms with Crippen LogP contribution in [0.4, 0.5) is 4.39 Å². The van der Waals surface area contributed by atoms with E-state index in [4.69, 9.17) is 0 Å². The molecule has 1 atom stereocenters. The second kappa shape index (κ2) is 3.65. The molecule has 0 aliphatic carbocycles. The second-order valence-corrected chi connectivity index (χ2v) is 3.56. The highest BCUT2D eigenvalue weighted by Gasteiger charge is 1.99. The van der Waals surface area contributed by atoms with Gasteiger partial charge in [-0.15, -0.1) is 0 Å². The lowest BCUT2D eigenvalue weighted by Gasteiger charge is -1.97. The first-order valence-electron chi connectivity index (χ1n) is 3.08. The Kier molecular flexibility index (Phi) is 2.80. The molecule has 60 valence electrons. The van der Waals surface area contributed by atoms with Crippen molar-refractivity contribution in [1.82, 2.24) is 0 Å². The lowest BCUT2D eigenvalue weighted by Crippen LogP contribution is -1.95. The summed E-state index contributed by atoms with van der Waals surface area (Å²) < 4.78 is 27.9. The van der Waals surface area contributed by atoms with Crippen molar-refractivity contribution in [3.63, 3.8) is 0 Å². The van der Waals surface area contributed by atoms with Gasteiger partial charge in [0.1, 0.15) is 5.82 Å². The van der Waals surface area contributed by atoms with Crippen molar-refractivity contribution < 1.29 is 13.5 Å². The summed E-state index contributed by atoms with van der Waals surface area (Å²) in [4.78, 5) is 0. The lowest BCUT2D eigenvalue weighted by atomic mass is 10.4. The molecule has 0 radical (unpaired) electrons. The zero-order chi connectivity index (χ0) is 8.27. The molecular weight excluding hydrogens is 166 g/mol. The highest BCUT2D eigenvalue weighted by atomic mass is 31.1. The minimum atomic E-state index is -2.14. The summed E-state index contributed by atoms with van der Waals surface area (Å²) in [5.74, 6) is -0.334. The third kappa shape index (κ3) is 2.14. The van der Waals surface area contributed by atoms with Crippen LogP contribution in [0.2, 0.25) is 0 Å². The van der Waals surface area contributed by atoms with E-state index in [0.29, 0.717) is 5.30 Å². The molecule has 0 spiro atoms. The molecule has 1 aromatic rings. The molecule has 0 bridgehead atoms. The number of halogens is 1. The maximum absolute atomic E-state index is 12.3. The molecular formula is C7H8FO2P. The summed E-state index contributed by atoms with van der Waals surface area (Å²) in [6.07, 6.45) is 0. The molecule has 0 amide bonds. The SMILES string of the molecule is CO[PH](=O)c1ccc(F)cc1. The molecule has 0 saturated carbocycles. The van der Waals surface area contributed by atoms with Crippen LogP contribution in [0.1, 0.15) is 0 Å². The van der Waals surface area contributed by atoms with Gasteiger partial charge in [-0.25, -0.2) is 4.39 Å². The molecule has 0 heterocycles. The van der Waals surface area contributed by atoms with E-state index in [1.54, 1.807) is 0 Å². The average molecular weight is 174 g/mol. The van der Waals surface area contributed by atoms with Crippen LogP contribution in [0.3, 0.4) is 0 Å². The minimum absolute atomic E-state index is 0.334. The first kappa shape index (κ1) is 8.44. The van der Waals surface area contributed by atoms with Crippen molar-refractivity contribution in [2.24, 2.45) is 0 Å². The summed E-state index contributed by atoms with van der Waals surface area (Å²) in [6.45, 7) is 0. The Morgan fingerprint density at radius 1 is 1.36 bits per heavy atom. The molecule has 0 aromatic heterocycles. The highest BCUT2D eigenvalue weighted by Crippen LogP contribution is 2.18. The summed E-state index contributed by atoms with van der Waals surface area (Å²) in [5.41, 5.74) is 0. The Morgan fingerprint density at radius 3 is 2.36 bits per heavy atom. The quantitative estimate of drug-likeness (QED) is 0.636. The van der Waals surface area contributed by atoms with Crippen molar-refractivity contribution in [2.75, 3.05) is 7.11 Å². The van der Waals surface area contributed by atoms with E-state index in [-0.39, 0.29) is 5.82 Å². The smallest absolute Gasteiger partial charge is 0.220 e. The van der Waals surface area contributed by atoms with Crippen molar-refractivity contribution in [3.8, 4) is 0 Å². The van der Waals surface area contributed by atoms with Gasteiger partial charge in [0, 0.05) is 12.4 Å². The predicted molar refractivity (Wildman–Crippen MR) is 42.0 cm³/mol. The molecule has 0 N–H and O–H groups in total. The van der Waals surface area contributed by atoms with Gasteiger partial charge >= 0.3 is 0 Å². The zero-order valence-electron chi connectivity index (χ0n) is 6.00. The standard InChI is InChI=1S/C7H8FO2P/c1-10-11(9)7-4-2-6(8)3-5-7/h2-5,11H,1H3. The fraction of sp³-hybridized carbons (Fsp3) is 0.143. The molecule has 0 aliphatic heterocycles. The molecule has 0 fully saturated rings. The number of rotatable bonds is 2. The molecule has 1 rings (SSSR count). The molecule has 4 heteroatoms. The Hall–Kier alpha value is -0.660. The molecule has 0 saturated heterocycles.